The number of aliphatic hydroxyl groups is 1. The van der Waals surface area contributed by atoms with Gasteiger partial charge in [-0.1, -0.05) is 12.1 Å². The number of rotatable bonds is 3. The lowest BCUT2D eigenvalue weighted by Crippen LogP contribution is -2.17. The molecule has 0 saturated carbocycles. The van der Waals surface area contributed by atoms with E-state index in [2.05, 4.69) is 4.74 Å². The van der Waals surface area contributed by atoms with E-state index in [0.717, 1.165) is 18.2 Å². The Morgan fingerprint density at radius 2 is 1.72 bits per heavy atom. The molecule has 0 spiro atoms. The van der Waals surface area contributed by atoms with Gasteiger partial charge in [-0.25, -0.2) is 0 Å². The Morgan fingerprint density at radius 3 is 2.22 bits per heavy atom. The fourth-order valence-electron chi connectivity index (χ4n) is 1.26. The molecule has 0 aliphatic heterocycles. The molecule has 0 amide bonds. The average Bonchev–Trinajstić information content (AvgIpc) is 2.12. The van der Waals surface area contributed by atoms with E-state index in [-0.39, 0.29) is 5.56 Å². The molecule has 0 fully saturated rings. The van der Waals surface area contributed by atoms with Crippen molar-refractivity contribution < 1.29 is 36.2 Å². The summed E-state index contributed by atoms with van der Waals surface area (Å²) in [5.74, 6) is -0.679. The van der Waals surface area contributed by atoms with Gasteiger partial charge in [-0.3, -0.25) is 0 Å². The third kappa shape index (κ3) is 5.26. The van der Waals surface area contributed by atoms with Gasteiger partial charge in [0.15, 0.2) is 0 Å². The number of benzene rings is 1. The van der Waals surface area contributed by atoms with Crippen LogP contribution in [0.5, 0.6) is 5.75 Å². The van der Waals surface area contributed by atoms with Crippen LogP contribution in [-0.4, -0.2) is 17.6 Å². The molecule has 0 aliphatic carbocycles. The molecule has 102 valence electrons. The molecule has 0 aliphatic rings. The molecule has 0 bridgehead atoms. The number of ether oxygens (including phenoxy) is 1. The Balaban J connectivity index is 2.82. The SMILES string of the molecule is OC(CC(F)(F)F)c1cccc(OC(F)(F)F)c1. The van der Waals surface area contributed by atoms with Crippen molar-refractivity contribution in [1.29, 1.82) is 0 Å². The quantitative estimate of drug-likeness (QED) is 0.854. The third-order valence-corrected chi connectivity index (χ3v) is 1.90. The predicted molar refractivity (Wildman–Crippen MR) is 48.8 cm³/mol. The standard InChI is InChI=1S/C10H8F6O2/c11-9(12,13)5-8(17)6-2-1-3-7(4-6)18-10(14,15)16/h1-4,8,17H,5H2. The van der Waals surface area contributed by atoms with Crippen LogP contribution in [0.3, 0.4) is 0 Å². The summed E-state index contributed by atoms with van der Waals surface area (Å²) >= 11 is 0. The lowest BCUT2D eigenvalue weighted by atomic mass is 10.1. The van der Waals surface area contributed by atoms with Crippen molar-refractivity contribution in [3.05, 3.63) is 29.8 Å². The van der Waals surface area contributed by atoms with Crippen LogP contribution in [-0.2, 0) is 0 Å². The van der Waals surface area contributed by atoms with Gasteiger partial charge in [-0.05, 0) is 17.7 Å². The highest BCUT2D eigenvalue weighted by molar-refractivity contribution is 5.30. The minimum atomic E-state index is -4.94. The highest BCUT2D eigenvalue weighted by atomic mass is 19.4. The van der Waals surface area contributed by atoms with E-state index < -0.39 is 30.8 Å². The van der Waals surface area contributed by atoms with E-state index in [1.54, 1.807) is 0 Å². The Labute approximate surface area is 97.8 Å². The molecule has 18 heavy (non-hydrogen) atoms. The Bertz CT molecular complexity index is 398. The van der Waals surface area contributed by atoms with Gasteiger partial charge < -0.3 is 9.84 Å². The second-order valence-electron chi connectivity index (χ2n) is 3.46. The molecule has 1 aromatic carbocycles. The predicted octanol–water partition coefficient (Wildman–Crippen LogP) is 3.57. The van der Waals surface area contributed by atoms with Gasteiger partial charge in [-0.15, -0.1) is 13.2 Å². The Kier molecular flexibility index (Phi) is 4.10. The number of alkyl halides is 6. The summed E-state index contributed by atoms with van der Waals surface area (Å²) in [5.41, 5.74) is -0.297. The van der Waals surface area contributed by atoms with Crippen LogP contribution in [0.1, 0.15) is 18.1 Å². The van der Waals surface area contributed by atoms with Crippen molar-refractivity contribution >= 4 is 0 Å². The van der Waals surface area contributed by atoms with Crippen molar-refractivity contribution in [1.82, 2.24) is 0 Å². The lowest BCUT2D eigenvalue weighted by molar-refractivity contribution is -0.274. The van der Waals surface area contributed by atoms with Gasteiger partial charge >= 0.3 is 12.5 Å². The molecular weight excluding hydrogens is 266 g/mol. The van der Waals surface area contributed by atoms with Crippen LogP contribution < -0.4 is 4.74 Å². The molecular formula is C10H8F6O2. The maximum Gasteiger partial charge on any atom is 0.573 e. The number of hydrogen-bond acceptors (Lipinski definition) is 2. The molecule has 0 heterocycles. The molecule has 1 atom stereocenters. The van der Waals surface area contributed by atoms with E-state index >= 15 is 0 Å². The minimum absolute atomic E-state index is 0.297. The molecule has 8 heteroatoms. The third-order valence-electron chi connectivity index (χ3n) is 1.90. The maximum atomic E-state index is 12.0. The van der Waals surface area contributed by atoms with E-state index in [1.807, 2.05) is 0 Å². The van der Waals surface area contributed by atoms with Gasteiger partial charge in [0, 0.05) is 0 Å². The van der Waals surface area contributed by atoms with Gasteiger partial charge in [0.1, 0.15) is 5.75 Å². The summed E-state index contributed by atoms with van der Waals surface area (Å²) in [6.45, 7) is 0. The van der Waals surface area contributed by atoms with Crippen molar-refractivity contribution in [2.24, 2.45) is 0 Å². The zero-order valence-electron chi connectivity index (χ0n) is 8.72. The highest BCUT2D eigenvalue weighted by Gasteiger charge is 2.33. The van der Waals surface area contributed by atoms with Crippen molar-refractivity contribution in [2.45, 2.75) is 25.1 Å². The summed E-state index contributed by atoms with van der Waals surface area (Å²) in [4.78, 5) is 0. The van der Waals surface area contributed by atoms with Gasteiger partial charge in [0.05, 0.1) is 12.5 Å². The topological polar surface area (TPSA) is 29.5 Å². The van der Waals surface area contributed by atoms with Crippen LogP contribution in [0.2, 0.25) is 0 Å². The van der Waals surface area contributed by atoms with Crippen molar-refractivity contribution in [2.75, 3.05) is 0 Å². The molecule has 0 aromatic heterocycles. The highest BCUT2D eigenvalue weighted by Crippen LogP contribution is 2.31. The van der Waals surface area contributed by atoms with E-state index in [1.165, 1.54) is 0 Å². The largest absolute Gasteiger partial charge is 0.573 e. The first-order valence-electron chi connectivity index (χ1n) is 4.67. The van der Waals surface area contributed by atoms with Crippen LogP contribution in [0.25, 0.3) is 0 Å². The first-order valence-corrected chi connectivity index (χ1v) is 4.67. The molecule has 2 nitrogen and oxygen atoms in total. The van der Waals surface area contributed by atoms with E-state index in [4.69, 9.17) is 0 Å². The average molecular weight is 274 g/mol. The molecule has 1 aromatic rings. The van der Waals surface area contributed by atoms with Crippen LogP contribution in [0.4, 0.5) is 26.3 Å². The van der Waals surface area contributed by atoms with Gasteiger partial charge in [-0.2, -0.15) is 13.2 Å². The summed E-state index contributed by atoms with van der Waals surface area (Å²) < 4.78 is 75.1. The molecule has 0 radical (unpaired) electrons. The summed E-state index contributed by atoms with van der Waals surface area (Å²) in [6, 6.07) is 3.79. The molecule has 1 N–H and O–H groups in total. The number of aliphatic hydroxyl groups excluding tert-OH is 1. The van der Waals surface area contributed by atoms with Crippen LogP contribution in [0.15, 0.2) is 24.3 Å². The molecule has 1 unspecified atom stereocenters. The van der Waals surface area contributed by atoms with E-state index in [9.17, 15) is 31.4 Å². The van der Waals surface area contributed by atoms with Crippen LogP contribution >= 0.6 is 0 Å². The lowest BCUT2D eigenvalue weighted by Gasteiger charge is -2.15. The normalized spacial score (nSPS) is 14.4. The second-order valence-corrected chi connectivity index (χ2v) is 3.46. The summed E-state index contributed by atoms with van der Waals surface area (Å²) in [5, 5.41) is 9.22. The first-order chi connectivity index (χ1) is 8.07. The van der Waals surface area contributed by atoms with Crippen LogP contribution in [0, 0.1) is 0 Å². The smallest absolute Gasteiger partial charge is 0.406 e. The summed E-state index contributed by atoms with van der Waals surface area (Å²) in [6.07, 6.45) is -13.0. The first kappa shape index (κ1) is 14.6. The second kappa shape index (κ2) is 5.05. The zero-order valence-corrected chi connectivity index (χ0v) is 8.72. The number of halogens is 6. The minimum Gasteiger partial charge on any atom is -0.406 e. The zero-order chi connectivity index (χ0) is 14.0. The van der Waals surface area contributed by atoms with Crippen molar-refractivity contribution in [3.8, 4) is 5.75 Å². The number of hydrogen-bond donors (Lipinski definition) is 1. The fourth-order valence-corrected chi connectivity index (χ4v) is 1.26. The van der Waals surface area contributed by atoms with Gasteiger partial charge in [0.25, 0.3) is 0 Å². The monoisotopic (exact) mass is 274 g/mol. The van der Waals surface area contributed by atoms with E-state index in [0.29, 0.717) is 6.07 Å². The fraction of sp³-hybridized carbons (Fsp3) is 0.400. The Hall–Kier alpha value is -1.44. The van der Waals surface area contributed by atoms with Gasteiger partial charge in [0.2, 0.25) is 0 Å². The Morgan fingerprint density at radius 1 is 1.11 bits per heavy atom. The molecule has 0 saturated heterocycles. The van der Waals surface area contributed by atoms with Crippen molar-refractivity contribution in [3.63, 3.8) is 0 Å². The maximum absolute atomic E-state index is 12.0. The molecule has 1 rings (SSSR count). The summed E-state index contributed by atoms with van der Waals surface area (Å²) in [7, 11) is 0.